The number of hydrogen-bond acceptors (Lipinski definition) is 2. The Labute approximate surface area is 120 Å². The van der Waals surface area contributed by atoms with Crippen LogP contribution in [0.4, 0.5) is 4.79 Å². The number of carboxylic acids is 1. The Morgan fingerprint density at radius 2 is 2.15 bits per heavy atom. The highest BCUT2D eigenvalue weighted by molar-refractivity contribution is 5.87. The van der Waals surface area contributed by atoms with Crippen LogP contribution in [0.1, 0.15) is 52.4 Å². The smallest absolute Gasteiger partial charge is 0.329 e. The van der Waals surface area contributed by atoms with Crippen molar-refractivity contribution in [3.63, 3.8) is 0 Å². The Balaban J connectivity index is 2.84. The normalized spacial score (nSPS) is 23.1. The zero-order chi connectivity index (χ0) is 15.2. The third-order valence-electron chi connectivity index (χ3n) is 3.87. The number of amides is 2. The standard InChI is InChI=1S/C15H24N2O3/c1-4-8-12(6-3)16-14(20)17-11-7-10-15(17,9-5-2)13(18)19/h3,12H,4-5,7-11H2,1-2H3,(H,16,20)(H,18,19). The molecular weight excluding hydrogens is 256 g/mol. The first kappa shape index (κ1) is 16.4. The number of nitrogens with zero attached hydrogens (tertiary/aromatic N) is 1. The van der Waals surface area contributed by atoms with Gasteiger partial charge in [-0.3, -0.25) is 0 Å². The van der Waals surface area contributed by atoms with E-state index in [4.69, 9.17) is 6.42 Å². The van der Waals surface area contributed by atoms with Crippen molar-refractivity contribution in [2.45, 2.75) is 64.0 Å². The van der Waals surface area contributed by atoms with Crippen LogP contribution in [0.5, 0.6) is 0 Å². The van der Waals surface area contributed by atoms with Crippen molar-refractivity contribution in [2.24, 2.45) is 0 Å². The van der Waals surface area contributed by atoms with Gasteiger partial charge in [-0.15, -0.1) is 6.42 Å². The molecule has 0 aromatic carbocycles. The fraction of sp³-hybridized carbons (Fsp3) is 0.733. The fourth-order valence-corrected chi connectivity index (χ4v) is 2.89. The number of carbonyl (C=O) groups is 2. The minimum Gasteiger partial charge on any atom is -0.479 e. The van der Waals surface area contributed by atoms with Crippen LogP contribution >= 0.6 is 0 Å². The number of carbonyl (C=O) groups excluding carboxylic acids is 1. The maximum atomic E-state index is 12.3. The van der Waals surface area contributed by atoms with Gasteiger partial charge in [0.2, 0.25) is 0 Å². The number of hydrogen-bond donors (Lipinski definition) is 2. The summed E-state index contributed by atoms with van der Waals surface area (Å²) in [6.07, 6.45) is 9.39. The van der Waals surface area contributed by atoms with Gasteiger partial charge < -0.3 is 15.3 Å². The topological polar surface area (TPSA) is 69.6 Å². The number of likely N-dealkylation sites (tertiary alicyclic amines) is 1. The number of nitrogens with one attached hydrogen (secondary N) is 1. The first-order valence-electron chi connectivity index (χ1n) is 7.29. The molecule has 5 nitrogen and oxygen atoms in total. The molecule has 1 heterocycles. The third kappa shape index (κ3) is 3.24. The predicted molar refractivity (Wildman–Crippen MR) is 77.3 cm³/mol. The van der Waals surface area contributed by atoms with E-state index in [-0.39, 0.29) is 12.1 Å². The highest BCUT2D eigenvalue weighted by Crippen LogP contribution is 2.34. The zero-order valence-corrected chi connectivity index (χ0v) is 12.3. The molecule has 0 bridgehead atoms. The van der Waals surface area contributed by atoms with E-state index in [0.717, 1.165) is 12.8 Å². The van der Waals surface area contributed by atoms with E-state index < -0.39 is 11.5 Å². The van der Waals surface area contributed by atoms with Crippen molar-refractivity contribution < 1.29 is 14.7 Å². The molecule has 0 aromatic rings. The summed E-state index contributed by atoms with van der Waals surface area (Å²) < 4.78 is 0. The van der Waals surface area contributed by atoms with Gasteiger partial charge >= 0.3 is 12.0 Å². The van der Waals surface area contributed by atoms with E-state index in [1.54, 1.807) is 0 Å². The number of aliphatic carboxylic acids is 1. The lowest BCUT2D eigenvalue weighted by atomic mass is 9.91. The summed E-state index contributed by atoms with van der Waals surface area (Å²) in [6.45, 7) is 4.40. The second kappa shape index (κ2) is 7.18. The monoisotopic (exact) mass is 280 g/mol. The fourth-order valence-electron chi connectivity index (χ4n) is 2.89. The molecule has 112 valence electrons. The SMILES string of the molecule is C#CC(CCC)NC(=O)N1CCCC1(CCC)C(=O)O. The van der Waals surface area contributed by atoms with Gasteiger partial charge in [0.15, 0.2) is 0 Å². The third-order valence-corrected chi connectivity index (χ3v) is 3.87. The Morgan fingerprint density at radius 1 is 1.45 bits per heavy atom. The largest absolute Gasteiger partial charge is 0.479 e. The molecule has 0 aliphatic carbocycles. The minimum absolute atomic E-state index is 0.332. The Bertz CT molecular complexity index is 402. The van der Waals surface area contributed by atoms with Crippen LogP contribution in [0.3, 0.4) is 0 Å². The van der Waals surface area contributed by atoms with Gasteiger partial charge in [0.25, 0.3) is 0 Å². The maximum absolute atomic E-state index is 12.3. The second-order valence-electron chi connectivity index (χ2n) is 5.30. The lowest BCUT2D eigenvalue weighted by Gasteiger charge is -2.35. The van der Waals surface area contributed by atoms with E-state index in [9.17, 15) is 14.7 Å². The first-order valence-corrected chi connectivity index (χ1v) is 7.29. The molecule has 2 unspecified atom stereocenters. The summed E-state index contributed by atoms with van der Waals surface area (Å²) in [5.74, 6) is 1.62. The van der Waals surface area contributed by atoms with Crippen LogP contribution < -0.4 is 5.32 Å². The molecule has 0 spiro atoms. The Kier molecular flexibility index (Phi) is 5.87. The molecule has 5 heteroatoms. The average Bonchev–Trinajstić information content (AvgIpc) is 2.83. The molecule has 2 atom stereocenters. The Hall–Kier alpha value is -1.70. The van der Waals surface area contributed by atoms with E-state index in [1.165, 1.54) is 4.90 Å². The number of rotatable bonds is 6. The van der Waals surface area contributed by atoms with Gasteiger partial charge in [-0.1, -0.05) is 32.6 Å². The van der Waals surface area contributed by atoms with Crippen LogP contribution in [0.2, 0.25) is 0 Å². The van der Waals surface area contributed by atoms with Gasteiger partial charge in [0.1, 0.15) is 5.54 Å². The molecule has 20 heavy (non-hydrogen) atoms. The van der Waals surface area contributed by atoms with Crippen molar-refractivity contribution >= 4 is 12.0 Å². The summed E-state index contributed by atoms with van der Waals surface area (Å²) in [7, 11) is 0. The maximum Gasteiger partial charge on any atom is 0.329 e. The van der Waals surface area contributed by atoms with Crippen molar-refractivity contribution in [1.29, 1.82) is 0 Å². The van der Waals surface area contributed by atoms with Gasteiger partial charge in [0.05, 0.1) is 6.04 Å². The van der Waals surface area contributed by atoms with Crippen LogP contribution in [-0.2, 0) is 4.79 Å². The first-order chi connectivity index (χ1) is 9.51. The Morgan fingerprint density at radius 3 is 2.65 bits per heavy atom. The highest BCUT2D eigenvalue weighted by atomic mass is 16.4. The summed E-state index contributed by atoms with van der Waals surface area (Å²) >= 11 is 0. The van der Waals surface area contributed by atoms with Crippen LogP contribution in [0.25, 0.3) is 0 Å². The van der Waals surface area contributed by atoms with Crippen molar-refractivity contribution in [3.8, 4) is 12.3 Å². The number of carboxylic acid groups (broad SMARTS) is 1. The van der Waals surface area contributed by atoms with Crippen LogP contribution in [-0.4, -0.2) is 40.1 Å². The minimum atomic E-state index is -1.07. The quantitative estimate of drug-likeness (QED) is 0.733. The number of terminal acetylenes is 1. The molecule has 1 fully saturated rings. The van der Waals surface area contributed by atoms with Gasteiger partial charge in [0, 0.05) is 6.54 Å². The molecule has 1 aliphatic heterocycles. The molecular formula is C15H24N2O3. The van der Waals surface area contributed by atoms with Crippen LogP contribution in [0.15, 0.2) is 0 Å². The summed E-state index contributed by atoms with van der Waals surface area (Å²) in [5.41, 5.74) is -1.07. The lowest BCUT2D eigenvalue weighted by molar-refractivity contribution is -0.148. The van der Waals surface area contributed by atoms with Crippen molar-refractivity contribution in [1.82, 2.24) is 10.2 Å². The predicted octanol–water partition coefficient (Wildman–Crippen LogP) is 2.22. The average molecular weight is 280 g/mol. The molecule has 0 radical (unpaired) electrons. The van der Waals surface area contributed by atoms with E-state index >= 15 is 0 Å². The van der Waals surface area contributed by atoms with Crippen molar-refractivity contribution in [2.75, 3.05) is 6.54 Å². The number of urea groups is 1. The molecule has 2 N–H and O–H groups in total. The lowest BCUT2D eigenvalue weighted by Crippen LogP contribution is -2.57. The molecule has 1 aliphatic rings. The second-order valence-corrected chi connectivity index (χ2v) is 5.30. The van der Waals surface area contributed by atoms with E-state index in [2.05, 4.69) is 11.2 Å². The molecule has 1 saturated heterocycles. The summed E-state index contributed by atoms with van der Waals surface area (Å²) in [4.78, 5) is 25.4. The van der Waals surface area contributed by atoms with E-state index in [0.29, 0.717) is 32.2 Å². The molecule has 0 aromatic heterocycles. The summed E-state index contributed by atoms with van der Waals surface area (Å²) in [6, 6.07) is -0.684. The van der Waals surface area contributed by atoms with E-state index in [1.807, 2.05) is 13.8 Å². The molecule has 2 amide bonds. The van der Waals surface area contributed by atoms with Crippen LogP contribution in [0, 0.1) is 12.3 Å². The molecule has 1 rings (SSSR count). The molecule has 0 saturated carbocycles. The van der Waals surface area contributed by atoms with Crippen molar-refractivity contribution in [3.05, 3.63) is 0 Å². The van der Waals surface area contributed by atoms with Gasteiger partial charge in [-0.25, -0.2) is 9.59 Å². The van der Waals surface area contributed by atoms with Gasteiger partial charge in [-0.2, -0.15) is 0 Å². The van der Waals surface area contributed by atoms with Gasteiger partial charge in [-0.05, 0) is 25.7 Å². The highest BCUT2D eigenvalue weighted by Gasteiger charge is 2.49. The zero-order valence-electron chi connectivity index (χ0n) is 12.3. The summed E-state index contributed by atoms with van der Waals surface area (Å²) in [5, 5.41) is 12.3.